The van der Waals surface area contributed by atoms with E-state index in [0.29, 0.717) is 18.7 Å². The molecule has 1 saturated heterocycles. The van der Waals surface area contributed by atoms with Crippen LogP contribution in [0.15, 0.2) is 42.2 Å². The molecule has 2 aliphatic rings. The van der Waals surface area contributed by atoms with E-state index < -0.39 is 5.97 Å². The zero-order valence-corrected chi connectivity index (χ0v) is 18.7. The first-order chi connectivity index (χ1) is 15.4. The van der Waals surface area contributed by atoms with E-state index in [1.165, 1.54) is 27.4 Å². The first-order valence-corrected chi connectivity index (χ1v) is 11.1. The third kappa shape index (κ3) is 3.11. The van der Waals surface area contributed by atoms with E-state index in [4.69, 9.17) is 16.3 Å². The molecule has 8 heteroatoms. The second kappa shape index (κ2) is 7.74. The maximum absolute atomic E-state index is 13.2. The normalized spacial score (nSPS) is 16.8. The number of amides is 1. The van der Waals surface area contributed by atoms with Crippen LogP contribution in [0.1, 0.15) is 58.5 Å². The number of aromatic nitrogens is 3. The van der Waals surface area contributed by atoms with Gasteiger partial charge in [-0.15, -0.1) is 0 Å². The Morgan fingerprint density at radius 3 is 2.72 bits per heavy atom. The molecule has 5 rings (SSSR count). The molecule has 1 fully saturated rings. The van der Waals surface area contributed by atoms with Crippen molar-refractivity contribution < 1.29 is 14.3 Å². The van der Waals surface area contributed by atoms with Gasteiger partial charge >= 0.3 is 5.97 Å². The van der Waals surface area contributed by atoms with Gasteiger partial charge in [0.25, 0.3) is 5.91 Å². The third-order valence-corrected chi connectivity index (χ3v) is 6.93. The molecule has 0 saturated carbocycles. The third-order valence-electron chi connectivity index (χ3n) is 6.66. The average molecular weight is 451 g/mol. The molecule has 32 heavy (non-hydrogen) atoms. The number of esters is 1. The number of hydrogen-bond acceptors (Lipinski definition) is 5. The Hall–Kier alpha value is -3.19. The van der Waals surface area contributed by atoms with Gasteiger partial charge in [-0.1, -0.05) is 47.5 Å². The highest BCUT2D eigenvalue weighted by atomic mass is 35.5. The number of piperidine rings is 1. The number of rotatable bonds is 3. The van der Waals surface area contributed by atoms with Gasteiger partial charge in [0.1, 0.15) is 5.56 Å². The lowest BCUT2D eigenvalue weighted by Gasteiger charge is -2.41. The second-order valence-corrected chi connectivity index (χ2v) is 8.64. The number of carbonyl (C=O) groups is 2. The lowest BCUT2D eigenvalue weighted by molar-refractivity contribution is 0.0528. The minimum absolute atomic E-state index is 0.00243. The summed E-state index contributed by atoms with van der Waals surface area (Å²) < 4.78 is 6.40. The molecule has 0 unspecified atom stereocenters. The second-order valence-electron chi connectivity index (χ2n) is 8.29. The first-order valence-electron chi connectivity index (χ1n) is 10.7. The van der Waals surface area contributed by atoms with E-state index >= 15 is 0 Å². The fourth-order valence-corrected chi connectivity index (χ4v) is 5.22. The van der Waals surface area contributed by atoms with Crippen LogP contribution in [0.25, 0.3) is 11.7 Å². The Morgan fingerprint density at radius 1 is 1.22 bits per heavy atom. The van der Waals surface area contributed by atoms with Gasteiger partial charge in [-0.05, 0) is 37.8 Å². The average Bonchev–Trinajstić information content (AvgIpc) is 3.27. The van der Waals surface area contributed by atoms with Gasteiger partial charge in [0.2, 0.25) is 0 Å². The predicted molar refractivity (Wildman–Crippen MR) is 121 cm³/mol. The van der Waals surface area contributed by atoms with E-state index in [-0.39, 0.29) is 34.3 Å². The molecule has 1 amide bonds. The number of carbonyl (C=O) groups excluding carboxylic acids is 2. The molecule has 3 heterocycles. The molecule has 0 bridgehead atoms. The lowest BCUT2D eigenvalue weighted by atomic mass is 9.70. The standard InChI is InChI=1S/C24H23ClN4O3/c1-3-32-23(31)19-20(25)27-29-14-17(13-26-21(19)29)22(30)28-10-8-24(9-11-28)15(2)12-16-6-4-5-7-18(16)24/h4-7,12-14H,3,8-11H2,1-2H3. The fourth-order valence-electron chi connectivity index (χ4n) is 4.98. The zero-order valence-electron chi connectivity index (χ0n) is 18.0. The smallest absolute Gasteiger partial charge is 0.345 e. The quantitative estimate of drug-likeness (QED) is 0.560. The molecule has 1 aliphatic heterocycles. The van der Waals surface area contributed by atoms with E-state index in [9.17, 15) is 9.59 Å². The number of benzene rings is 1. The van der Waals surface area contributed by atoms with E-state index in [0.717, 1.165) is 12.8 Å². The van der Waals surface area contributed by atoms with Crippen molar-refractivity contribution in [2.45, 2.75) is 32.1 Å². The molecular formula is C24H23ClN4O3. The highest BCUT2D eigenvalue weighted by Crippen LogP contribution is 2.48. The Balaban J connectivity index is 1.37. The Bertz CT molecular complexity index is 1270. The van der Waals surface area contributed by atoms with Crippen molar-refractivity contribution in [2.75, 3.05) is 19.7 Å². The van der Waals surface area contributed by atoms with Crippen LogP contribution >= 0.6 is 11.6 Å². The van der Waals surface area contributed by atoms with Crippen molar-refractivity contribution in [1.82, 2.24) is 19.5 Å². The maximum Gasteiger partial charge on any atom is 0.345 e. The molecule has 164 valence electrons. The summed E-state index contributed by atoms with van der Waals surface area (Å²) in [6.45, 7) is 5.44. The van der Waals surface area contributed by atoms with Crippen molar-refractivity contribution in [3.63, 3.8) is 0 Å². The van der Waals surface area contributed by atoms with Crippen LogP contribution in [0.2, 0.25) is 5.15 Å². The molecule has 2 aromatic heterocycles. The van der Waals surface area contributed by atoms with Gasteiger partial charge < -0.3 is 9.64 Å². The number of halogens is 1. The minimum Gasteiger partial charge on any atom is -0.462 e. The zero-order chi connectivity index (χ0) is 22.5. The van der Waals surface area contributed by atoms with E-state index in [2.05, 4.69) is 47.3 Å². The largest absolute Gasteiger partial charge is 0.462 e. The van der Waals surface area contributed by atoms with Gasteiger partial charge in [0, 0.05) is 30.9 Å². The molecule has 0 radical (unpaired) electrons. The molecular weight excluding hydrogens is 428 g/mol. The van der Waals surface area contributed by atoms with E-state index in [1.807, 2.05) is 4.90 Å². The number of likely N-dealkylation sites (tertiary alicyclic amines) is 1. The highest BCUT2D eigenvalue weighted by molar-refractivity contribution is 6.33. The van der Waals surface area contributed by atoms with Crippen molar-refractivity contribution in [1.29, 1.82) is 0 Å². The van der Waals surface area contributed by atoms with Crippen LogP contribution < -0.4 is 0 Å². The van der Waals surface area contributed by atoms with Crippen molar-refractivity contribution in [3.05, 3.63) is 69.6 Å². The number of ether oxygens (including phenoxy) is 1. The van der Waals surface area contributed by atoms with Crippen molar-refractivity contribution >= 4 is 35.2 Å². The van der Waals surface area contributed by atoms with Crippen LogP contribution in [-0.4, -0.2) is 51.1 Å². The van der Waals surface area contributed by atoms with Crippen LogP contribution in [0.5, 0.6) is 0 Å². The Morgan fingerprint density at radius 2 is 1.97 bits per heavy atom. The fraction of sp³-hybridized carbons (Fsp3) is 0.333. The van der Waals surface area contributed by atoms with Gasteiger partial charge in [-0.25, -0.2) is 14.3 Å². The van der Waals surface area contributed by atoms with Gasteiger partial charge in [0.15, 0.2) is 10.8 Å². The summed E-state index contributed by atoms with van der Waals surface area (Å²) in [5.74, 6) is -0.688. The van der Waals surface area contributed by atoms with Crippen molar-refractivity contribution in [2.24, 2.45) is 0 Å². The summed E-state index contributed by atoms with van der Waals surface area (Å²) in [6, 6.07) is 8.52. The maximum atomic E-state index is 13.2. The van der Waals surface area contributed by atoms with Crippen LogP contribution in [0.4, 0.5) is 0 Å². The lowest BCUT2D eigenvalue weighted by Crippen LogP contribution is -2.45. The summed E-state index contributed by atoms with van der Waals surface area (Å²) >= 11 is 6.13. The van der Waals surface area contributed by atoms with Crippen LogP contribution in [-0.2, 0) is 10.2 Å². The summed E-state index contributed by atoms with van der Waals surface area (Å²) in [6.07, 6.45) is 7.08. The molecule has 1 spiro atoms. The molecule has 0 N–H and O–H groups in total. The van der Waals surface area contributed by atoms with Gasteiger partial charge in [0.05, 0.1) is 12.2 Å². The predicted octanol–water partition coefficient (Wildman–Crippen LogP) is 4.15. The van der Waals surface area contributed by atoms with Crippen LogP contribution in [0, 0.1) is 0 Å². The molecule has 1 aliphatic carbocycles. The molecule has 0 atom stereocenters. The monoisotopic (exact) mass is 450 g/mol. The molecule has 3 aromatic rings. The number of allylic oxidation sites excluding steroid dienone is 1. The van der Waals surface area contributed by atoms with Crippen molar-refractivity contribution in [3.8, 4) is 0 Å². The Kier molecular flexibility index (Phi) is 5.01. The summed E-state index contributed by atoms with van der Waals surface area (Å²) in [5.41, 5.74) is 4.81. The highest BCUT2D eigenvalue weighted by Gasteiger charge is 2.42. The Labute approximate surface area is 190 Å². The van der Waals surface area contributed by atoms with Gasteiger partial charge in [-0.3, -0.25) is 4.79 Å². The minimum atomic E-state index is -0.583. The SMILES string of the molecule is CCOC(=O)c1c(Cl)nn2cc(C(=O)N3CCC4(CC3)C(C)=Cc3ccccc34)cnc12. The van der Waals surface area contributed by atoms with Crippen LogP contribution in [0.3, 0.4) is 0 Å². The molecule has 1 aromatic carbocycles. The van der Waals surface area contributed by atoms with Gasteiger partial charge in [-0.2, -0.15) is 5.10 Å². The number of nitrogens with zero attached hydrogens (tertiary/aromatic N) is 4. The van der Waals surface area contributed by atoms with E-state index in [1.54, 1.807) is 13.1 Å². The topological polar surface area (TPSA) is 76.8 Å². The number of hydrogen-bond donors (Lipinski definition) is 0. The summed E-state index contributed by atoms with van der Waals surface area (Å²) in [7, 11) is 0. The first kappa shape index (κ1) is 20.7. The summed E-state index contributed by atoms with van der Waals surface area (Å²) in [4.78, 5) is 31.5. The number of fused-ring (bicyclic) bond motifs is 3. The molecule has 7 nitrogen and oxygen atoms in total. The summed E-state index contributed by atoms with van der Waals surface area (Å²) in [5, 5.41) is 4.14.